The van der Waals surface area contributed by atoms with Crippen molar-refractivity contribution >= 4 is 16.7 Å². The first kappa shape index (κ1) is 12.2. The quantitative estimate of drug-likeness (QED) is 0.487. The molecule has 0 heterocycles. The number of hydrogen-bond donors (Lipinski definition) is 1. The Balaban J connectivity index is 0.00000112. The van der Waals surface area contributed by atoms with Crippen molar-refractivity contribution in [1.82, 2.24) is 5.48 Å². The molecule has 4 heteroatoms. The van der Waals surface area contributed by atoms with E-state index in [1.807, 2.05) is 30.3 Å². The number of hydrogen-bond acceptors (Lipinski definition) is 2. The largest absolute Gasteiger partial charge is 1.00 e. The zero-order valence-electron chi connectivity index (χ0n) is 8.36. The number of carbonyl (C=O) groups excluding carboxylic acids is 1. The van der Waals surface area contributed by atoms with E-state index in [0.717, 1.165) is 10.8 Å². The van der Waals surface area contributed by atoms with Gasteiger partial charge in [0.15, 0.2) is 0 Å². The van der Waals surface area contributed by atoms with Crippen molar-refractivity contribution in [3.05, 3.63) is 53.2 Å². The molecule has 0 unspecified atom stereocenters. The predicted octanol–water partition coefficient (Wildman–Crippen LogP) is -0.929. The molecule has 0 radical (unpaired) electrons. The van der Waals surface area contributed by atoms with E-state index in [4.69, 9.17) is 0 Å². The smallest absolute Gasteiger partial charge is 0.759 e. The summed E-state index contributed by atoms with van der Waals surface area (Å²) in [6.07, 6.45) is 0. The normalized spacial score (nSPS) is 9.40. The molecular weight excluding hydrogens is 201 g/mol. The van der Waals surface area contributed by atoms with Crippen molar-refractivity contribution in [3.8, 4) is 0 Å². The zero-order valence-corrected chi connectivity index (χ0v) is 10.4. The Kier molecular flexibility index (Phi) is 4.29. The molecular formula is C11H8NNaO2. The summed E-state index contributed by atoms with van der Waals surface area (Å²) in [5.41, 5.74) is 1.80. The van der Waals surface area contributed by atoms with E-state index in [-0.39, 0.29) is 29.6 Å². The monoisotopic (exact) mass is 209 g/mol. The van der Waals surface area contributed by atoms with Gasteiger partial charge in [-0.2, -0.15) is 0 Å². The minimum absolute atomic E-state index is 0. The Bertz CT molecular complexity index is 479. The molecule has 1 amide bonds. The Morgan fingerprint density at radius 3 is 2.47 bits per heavy atom. The molecule has 0 atom stereocenters. The van der Waals surface area contributed by atoms with E-state index in [2.05, 4.69) is 0 Å². The van der Waals surface area contributed by atoms with Gasteiger partial charge in [0.05, 0.1) is 0 Å². The van der Waals surface area contributed by atoms with Gasteiger partial charge in [-0.05, 0) is 16.8 Å². The van der Waals surface area contributed by atoms with Gasteiger partial charge in [0, 0.05) is 5.56 Å². The fourth-order valence-corrected chi connectivity index (χ4v) is 1.48. The number of fused-ring (bicyclic) bond motifs is 1. The second kappa shape index (κ2) is 5.28. The third-order valence-electron chi connectivity index (χ3n) is 2.13. The van der Waals surface area contributed by atoms with E-state index in [1.54, 1.807) is 12.1 Å². The fraction of sp³-hybridized carbons (Fsp3) is 0. The summed E-state index contributed by atoms with van der Waals surface area (Å²) in [4.78, 5) is 11.2. The molecule has 15 heavy (non-hydrogen) atoms. The maximum atomic E-state index is 11.2. The molecule has 70 valence electrons. The third-order valence-corrected chi connectivity index (χ3v) is 2.13. The molecule has 0 aliphatic rings. The Labute approximate surface area is 109 Å². The molecule has 0 fully saturated rings. The average Bonchev–Trinajstić information content (AvgIpc) is 2.27. The number of amides is 1. The summed E-state index contributed by atoms with van der Waals surface area (Å²) in [6.45, 7) is 0. The van der Waals surface area contributed by atoms with Gasteiger partial charge in [0.2, 0.25) is 5.91 Å². The van der Waals surface area contributed by atoms with Crippen LogP contribution in [0.1, 0.15) is 10.4 Å². The fourth-order valence-electron chi connectivity index (χ4n) is 1.48. The van der Waals surface area contributed by atoms with Gasteiger partial charge in [-0.25, -0.2) is 0 Å². The van der Waals surface area contributed by atoms with E-state index < -0.39 is 5.91 Å². The van der Waals surface area contributed by atoms with Crippen molar-refractivity contribution in [2.24, 2.45) is 0 Å². The van der Waals surface area contributed by atoms with Crippen LogP contribution in [0.4, 0.5) is 0 Å². The molecule has 0 spiro atoms. The van der Waals surface area contributed by atoms with Crippen LogP contribution in [0.5, 0.6) is 0 Å². The van der Waals surface area contributed by atoms with Crippen LogP contribution in [0.15, 0.2) is 42.5 Å². The van der Waals surface area contributed by atoms with Crippen molar-refractivity contribution in [2.75, 3.05) is 0 Å². The van der Waals surface area contributed by atoms with Crippen LogP contribution in [-0.2, 0) is 0 Å². The first-order valence-electron chi connectivity index (χ1n) is 4.23. The van der Waals surface area contributed by atoms with E-state index in [1.165, 1.54) is 5.48 Å². The van der Waals surface area contributed by atoms with E-state index in [9.17, 15) is 10.0 Å². The average molecular weight is 209 g/mol. The molecule has 2 aromatic carbocycles. The van der Waals surface area contributed by atoms with Crippen molar-refractivity contribution in [1.29, 1.82) is 0 Å². The Morgan fingerprint density at radius 1 is 1.07 bits per heavy atom. The van der Waals surface area contributed by atoms with Gasteiger partial charge < -0.3 is 10.7 Å². The molecule has 2 aromatic rings. The van der Waals surface area contributed by atoms with Crippen LogP contribution in [0.2, 0.25) is 0 Å². The van der Waals surface area contributed by atoms with Crippen molar-refractivity contribution in [2.45, 2.75) is 0 Å². The van der Waals surface area contributed by atoms with Crippen molar-refractivity contribution in [3.63, 3.8) is 0 Å². The van der Waals surface area contributed by atoms with Crippen LogP contribution < -0.4 is 35.0 Å². The summed E-state index contributed by atoms with van der Waals surface area (Å²) in [5.74, 6) is -0.596. The van der Waals surface area contributed by atoms with Crippen LogP contribution >= 0.6 is 0 Å². The minimum Gasteiger partial charge on any atom is -0.759 e. The van der Waals surface area contributed by atoms with Crippen molar-refractivity contribution < 1.29 is 34.4 Å². The number of nitrogens with one attached hydrogen (secondary N) is 1. The summed E-state index contributed by atoms with van der Waals surface area (Å²) in [7, 11) is 0. The first-order chi connectivity index (χ1) is 6.83. The van der Waals surface area contributed by atoms with Gasteiger partial charge >= 0.3 is 29.6 Å². The standard InChI is InChI=1S/C11H8NO2.Na/c13-11(12-14)10-7-3-5-8-4-1-2-6-9(8)10;/h1-7H,(H-,12,13,14);/q-1;+1. The van der Waals surface area contributed by atoms with Crippen LogP contribution in [0.25, 0.3) is 10.8 Å². The van der Waals surface area contributed by atoms with Crippen LogP contribution in [0.3, 0.4) is 0 Å². The van der Waals surface area contributed by atoms with Gasteiger partial charge in [0.1, 0.15) is 0 Å². The number of hydroxylamine groups is 1. The molecule has 0 aromatic heterocycles. The maximum Gasteiger partial charge on any atom is 1.00 e. The van der Waals surface area contributed by atoms with Gasteiger partial charge in [-0.1, -0.05) is 36.4 Å². The molecule has 0 bridgehead atoms. The second-order valence-electron chi connectivity index (χ2n) is 2.96. The van der Waals surface area contributed by atoms with Gasteiger partial charge in [-0.15, -0.1) is 0 Å². The molecule has 3 nitrogen and oxygen atoms in total. The zero-order chi connectivity index (χ0) is 9.97. The maximum absolute atomic E-state index is 11.2. The summed E-state index contributed by atoms with van der Waals surface area (Å²) in [6, 6.07) is 12.7. The molecule has 1 N–H and O–H groups in total. The molecule has 0 aliphatic heterocycles. The molecule has 0 saturated heterocycles. The van der Waals surface area contributed by atoms with Crippen LogP contribution in [0, 0.1) is 5.21 Å². The minimum atomic E-state index is -0.596. The van der Waals surface area contributed by atoms with Crippen LogP contribution in [-0.4, -0.2) is 5.91 Å². The van der Waals surface area contributed by atoms with E-state index >= 15 is 0 Å². The molecule has 0 aliphatic carbocycles. The van der Waals surface area contributed by atoms with Gasteiger partial charge in [-0.3, -0.25) is 4.79 Å². The Hall–Kier alpha value is -0.870. The predicted molar refractivity (Wildman–Crippen MR) is 54.8 cm³/mol. The summed E-state index contributed by atoms with van der Waals surface area (Å²) < 4.78 is 0. The summed E-state index contributed by atoms with van der Waals surface area (Å²) >= 11 is 0. The SMILES string of the molecule is O=C(N[O-])c1cccc2ccccc12.[Na+]. The third kappa shape index (κ3) is 2.38. The number of carbonyl (C=O) groups is 1. The van der Waals surface area contributed by atoms with E-state index in [0.29, 0.717) is 5.56 Å². The second-order valence-corrected chi connectivity index (χ2v) is 2.96. The number of benzene rings is 2. The number of rotatable bonds is 1. The topological polar surface area (TPSA) is 52.2 Å². The van der Waals surface area contributed by atoms with Gasteiger partial charge in [0.25, 0.3) is 0 Å². The molecule has 2 rings (SSSR count). The Morgan fingerprint density at radius 2 is 1.73 bits per heavy atom. The summed E-state index contributed by atoms with van der Waals surface area (Å²) in [5, 5.41) is 12.0. The molecule has 0 saturated carbocycles. The first-order valence-corrected chi connectivity index (χ1v) is 4.23.